The van der Waals surface area contributed by atoms with Crippen LogP contribution in [-0.2, 0) is 34.8 Å². The number of rotatable bonds is 14. The Morgan fingerprint density at radius 1 is 0.897 bits per heavy atom. The van der Waals surface area contributed by atoms with Gasteiger partial charge in [0.05, 0.1) is 7.11 Å². The van der Waals surface area contributed by atoms with Crippen LogP contribution in [0.25, 0.3) is 0 Å². The van der Waals surface area contributed by atoms with Crippen LogP contribution in [0.5, 0.6) is 5.75 Å². The topological polar surface area (TPSA) is 143 Å². The van der Waals surface area contributed by atoms with Crippen LogP contribution in [0.3, 0.4) is 0 Å². The van der Waals surface area contributed by atoms with Crippen LogP contribution in [-0.4, -0.2) is 86.1 Å². The Labute approximate surface area is 344 Å². The third-order valence-electron chi connectivity index (χ3n) is 11.6. The Hall–Kier alpha value is -5.07. The zero-order valence-electron chi connectivity index (χ0n) is 35.0. The number of hydrogen-bond donors (Lipinski definition) is 3. The molecule has 4 amide bonds. The van der Waals surface area contributed by atoms with Gasteiger partial charge in [-0.15, -0.1) is 0 Å². The van der Waals surface area contributed by atoms with Gasteiger partial charge in [0, 0.05) is 19.4 Å². The summed E-state index contributed by atoms with van der Waals surface area (Å²) in [5, 5.41) is 10.6. The maximum absolute atomic E-state index is 14.1. The van der Waals surface area contributed by atoms with Crippen molar-refractivity contribution >= 4 is 48.1 Å². The number of Topliss-reactive ketones (excluding diaryl/α,β-unsaturated/α-hetero) is 1. The van der Waals surface area contributed by atoms with Gasteiger partial charge in [0.2, 0.25) is 23.6 Å². The van der Waals surface area contributed by atoms with Crippen LogP contribution in [0.4, 0.5) is 0 Å². The largest absolute Gasteiger partial charge is 0.497 e. The van der Waals surface area contributed by atoms with Crippen molar-refractivity contribution in [3.8, 4) is 5.75 Å². The molecule has 0 bridgehead atoms. The first-order chi connectivity index (χ1) is 27.6. The predicted octanol–water partition coefficient (Wildman–Crippen LogP) is 4.76. The normalized spacial score (nSPS) is 22.6. The molecule has 310 valence electrons. The fourth-order valence-electron chi connectivity index (χ4n) is 7.99. The van der Waals surface area contributed by atoms with Gasteiger partial charge in [0.1, 0.15) is 35.5 Å². The van der Waals surface area contributed by atoms with Crippen molar-refractivity contribution < 1.29 is 33.1 Å². The maximum atomic E-state index is 14.1. The number of allylic oxidation sites excluding steroid dienone is 2. The van der Waals surface area contributed by atoms with Crippen LogP contribution < -0.4 is 31.1 Å². The molecule has 0 radical (unpaired) electrons. The molecule has 2 aliphatic heterocycles. The van der Waals surface area contributed by atoms with Gasteiger partial charge < -0.3 is 30.0 Å². The molecule has 0 saturated carbocycles. The van der Waals surface area contributed by atoms with E-state index in [9.17, 15) is 24.0 Å². The van der Waals surface area contributed by atoms with E-state index in [1.165, 1.54) is 4.90 Å². The van der Waals surface area contributed by atoms with Crippen molar-refractivity contribution in [1.29, 1.82) is 0 Å². The van der Waals surface area contributed by atoms with E-state index in [0.717, 1.165) is 15.9 Å². The van der Waals surface area contributed by atoms with Crippen LogP contribution in [0.2, 0.25) is 5.04 Å². The molecule has 11 nitrogen and oxygen atoms in total. The van der Waals surface area contributed by atoms with E-state index in [2.05, 4.69) is 61.0 Å². The molecule has 5 rings (SSSR count). The lowest BCUT2D eigenvalue weighted by molar-refractivity contribution is -0.144. The fourth-order valence-corrected chi connectivity index (χ4v) is 12.7. The third kappa shape index (κ3) is 9.95. The molecule has 2 saturated heterocycles. The number of fused-ring (bicyclic) bond motifs is 1. The molecule has 12 heteroatoms. The highest BCUT2D eigenvalue weighted by molar-refractivity contribution is 6.99. The van der Waals surface area contributed by atoms with E-state index in [1.54, 1.807) is 39.2 Å². The van der Waals surface area contributed by atoms with Gasteiger partial charge in [-0.1, -0.05) is 113 Å². The minimum absolute atomic E-state index is 0.0673. The Balaban J connectivity index is 1.28. The van der Waals surface area contributed by atoms with E-state index < -0.39 is 55.8 Å². The number of methoxy groups -OCH3 is 1. The quantitative estimate of drug-likeness (QED) is 0.158. The second-order valence-electron chi connectivity index (χ2n) is 16.6. The zero-order chi connectivity index (χ0) is 42.1. The minimum Gasteiger partial charge on any atom is -0.497 e. The summed E-state index contributed by atoms with van der Waals surface area (Å²) in [6.45, 7) is 12.1. The number of benzene rings is 3. The lowest BCUT2D eigenvalue weighted by atomic mass is 9.94. The summed E-state index contributed by atoms with van der Waals surface area (Å²) in [5.41, 5.74) is -0.545. The number of carbonyl (C=O) groups is 5. The summed E-state index contributed by atoms with van der Waals surface area (Å²) in [6, 6.07) is 24.9. The summed E-state index contributed by atoms with van der Waals surface area (Å²) in [5.74, 6) is -1.13. The number of amides is 4. The average Bonchev–Trinajstić information content (AvgIpc) is 3.72. The van der Waals surface area contributed by atoms with Gasteiger partial charge in [-0.05, 0) is 79.1 Å². The lowest BCUT2D eigenvalue weighted by Crippen LogP contribution is -2.68. The highest BCUT2D eigenvalue weighted by Gasteiger charge is 2.51. The molecule has 0 aliphatic carbocycles. The molecular weight excluding hydrogens is 749 g/mol. The van der Waals surface area contributed by atoms with Gasteiger partial charge in [-0.2, -0.15) is 0 Å². The fraction of sp³-hybridized carbons (Fsp3) is 0.457. The molecule has 2 fully saturated rings. The van der Waals surface area contributed by atoms with Crippen molar-refractivity contribution in [1.82, 2.24) is 20.9 Å². The number of nitrogens with zero attached hydrogens (tertiary/aromatic N) is 1. The van der Waals surface area contributed by atoms with Gasteiger partial charge in [0.25, 0.3) is 8.32 Å². The van der Waals surface area contributed by atoms with Crippen molar-refractivity contribution in [3.63, 3.8) is 0 Å². The number of ketones is 1. The SMILES string of the molecule is CC[C@]1(C)NC(=O)[C@H](CCC=CCC(=O)[C@@H](C)O[Si](c2ccccc2)(c2ccccc2)C(C)(C)C)NC(=O)[C@H]2CCCN2C(=O)[C@H](Cc2ccc(OC)cc2)NC1=O. The van der Waals surface area contributed by atoms with Gasteiger partial charge >= 0.3 is 0 Å². The smallest absolute Gasteiger partial charge is 0.262 e. The number of nitrogens with one attached hydrogen (secondary N) is 3. The summed E-state index contributed by atoms with van der Waals surface area (Å²) in [4.78, 5) is 70.9. The molecular formula is C46H60N4O7Si. The summed E-state index contributed by atoms with van der Waals surface area (Å²) in [6.07, 6.45) is 5.18. The number of carbonyl (C=O) groups excluding carboxylic acids is 5. The van der Waals surface area contributed by atoms with Crippen LogP contribution in [0.15, 0.2) is 97.1 Å². The van der Waals surface area contributed by atoms with Crippen molar-refractivity contribution in [2.45, 2.75) is 121 Å². The van der Waals surface area contributed by atoms with Crippen LogP contribution in [0, 0.1) is 0 Å². The van der Waals surface area contributed by atoms with Crippen LogP contribution >= 0.6 is 0 Å². The Bertz CT molecular complexity index is 1890. The second kappa shape index (κ2) is 19.1. The average molecular weight is 809 g/mol. The van der Waals surface area contributed by atoms with E-state index in [1.807, 2.05) is 61.5 Å². The standard InChI is InChI=1S/C46H60N4O7Si/c1-8-46(6)44(55)48-38(31-33-26-28-34(56-7)29-27-33)43(54)50-30-18-24-39(50)42(53)47-37(41(52)49-46)23-16-11-17-25-40(51)32(2)57-58(45(3,4)5,35-19-12-9-13-20-35)36-21-14-10-15-22-36/h9-15,17,19-22,26-29,32,37-39H,8,16,18,23-25,30-31H2,1-7H3,(H,47,53)(H,48,55)(H,49,52)/t32-,37+,38+,39-,46+/m1/s1. The highest BCUT2D eigenvalue weighted by atomic mass is 28.4. The first-order valence-corrected chi connectivity index (χ1v) is 22.4. The first kappa shape index (κ1) is 44.0. The van der Waals surface area contributed by atoms with E-state index in [-0.39, 0.29) is 42.4 Å². The summed E-state index contributed by atoms with van der Waals surface area (Å²) >= 11 is 0. The molecule has 3 aromatic carbocycles. The van der Waals surface area contributed by atoms with Crippen molar-refractivity contribution in [2.75, 3.05) is 13.7 Å². The lowest BCUT2D eigenvalue weighted by Gasteiger charge is -2.44. The first-order valence-electron chi connectivity index (χ1n) is 20.5. The van der Waals surface area contributed by atoms with Gasteiger partial charge in [0.15, 0.2) is 5.78 Å². The Kier molecular flexibility index (Phi) is 14.5. The van der Waals surface area contributed by atoms with E-state index in [0.29, 0.717) is 31.6 Å². The number of hydrogen-bond acceptors (Lipinski definition) is 7. The molecule has 3 aromatic rings. The van der Waals surface area contributed by atoms with Crippen LogP contribution in [0.1, 0.15) is 85.6 Å². The third-order valence-corrected chi connectivity index (χ3v) is 16.7. The molecule has 2 heterocycles. The van der Waals surface area contributed by atoms with Gasteiger partial charge in [-0.25, -0.2) is 0 Å². The highest BCUT2D eigenvalue weighted by Crippen LogP contribution is 2.37. The maximum Gasteiger partial charge on any atom is 0.262 e. The molecule has 2 aliphatic rings. The Morgan fingerprint density at radius 2 is 1.52 bits per heavy atom. The zero-order valence-corrected chi connectivity index (χ0v) is 36.0. The van der Waals surface area contributed by atoms with E-state index in [4.69, 9.17) is 9.16 Å². The van der Waals surface area contributed by atoms with E-state index >= 15 is 0 Å². The summed E-state index contributed by atoms with van der Waals surface area (Å²) in [7, 11) is -1.36. The molecule has 3 N–H and O–H groups in total. The second-order valence-corrected chi connectivity index (χ2v) is 20.9. The number of ether oxygens (including phenoxy) is 1. The summed E-state index contributed by atoms with van der Waals surface area (Å²) < 4.78 is 12.3. The van der Waals surface area contributed by atoms with Crippen molar-refractivity contribution in [2.24, 2.45) is 0 Å². The molecule has 5 atom stereocenters. The van der Waals surface area contributed by atoms with Gasteiger partial charge in [-0.3, -0.25) is 24.0 Å². The Morgan fingerprint density at radius 3 is 2.09 bits per heavy atom. The monoisotopic (exact) mass is 808 g/mol. The molecule has 58 heavy (non-hydrogen) atoms. The van der Waals surface area contributed by atoms with Crippen molar-refractivity contribution in [3.05, 3.63) is 103 Å². The molecule has 0 aromatic heterocycles. The molecule has 0 unspecified atom stereocenters. The molecule has 0 spiro atoms. The minimum atomic E-state index is -2.94. The predicted molar refractivity (Wildman–Crippen MR) is 228 cm³/mol.